The molecule has 4 rings (SSSR count). The second-order valence-electron chi connectivity index (χ2n) is 7.16. The minimum atomic E-state index is -0.285. The minimum Gasteiger partial charge on any atom is -0.466 e. The van der Waals surface area contributed by atoms with Gasteiger partial charge in [-0.3, -0.25) is 9.59 Å². The fraction of sp³-hybridized carbons (Fsp3) is 0.429. The van der Waals surface area contributed by atoms with Crippen LogP contribution in [0.5, 0.6) is 0 Å². The Bertz CT molecular complexity index is 1060. The summed E-state index contributed by atoms with van der Waals surface area (Å²) in [7, 11) is 0. The van der Waals surface area contributed by atoms with Gasteiger partial charge in [-0.15, -0.1) is 0 Å². The van der Waals surface area contributed by atoms with Gasteiger partial charge in [-0.2, -0.15) is 0 Å². The molecule has 0 spiro atoms. The molecule has 1 saturated heterocycles. The van der Waals surface area contributed by atoms with Gasteiger partial charge < -0.3 is 18.5 Å². The summed E-state index contributed by atoms with van der Waals surface area (Å²) < 4.78 is 16.3. The van der Waals surface area contributed by atoms with E-state index in [2.05, 4.69) is 9.97 Å². The lowest BCUT2D eigenvalue weighted by molar-refractivity contribution is -0.149. The van der Waals surface area contributed by atoms with Gasteiger partial charge in [0.2, 0.25) is 5.89 Å². The van der Waals surface area contributed by atoms with E-state index in [1.807, 2.05) is 25.1 Å². The average Bonchev–Trinajstić information content (AvgIpc) is 3.39. The Kier molecular flexibility index (Phi) is 6.08. The van der Waals surface area contributed by atoms with Crippen LogP contribution in [0.4, 0.5) is 0 Å². The van der Waals surface area contributed by atoms with Crippen molar-refractivity contribution in [3.63, 3.8) is 0 Å². The largest absolute Gasteiger partial charge is 0.466 e. The van der Waals surface area contributed by atoms with Gasteiger partial charge >= 0.3 is 5.97 Å². The number of para-hydroxylation sites is 1. The number of esters is 1. The first-order chi connectivity index (χ1) is 14.5. The number of rotatable bonds is 6. The van der Waals surface area contributed by atoms with E-state index in [0.29, 0.717) is 36.6 Å². The van der Waals surface area contributed by atoms with Crippen molar-refractivity contribution in [2.24, 2.45) is 5.92 Å². The number of hydrogen-bond acceptors (Lipinski definition) is 8. The van der Waals surface area contributed by atoms with Gasteiger partial charge in [0.15, 0.2) is 11.3 Å². The minimum absolute atomic E-state index is 0.235. The van der Waals surface area contributed by atoms with Crippen molar-refractivity contribution >= 4 is 34.7 Å². The highest BCUT2D eigenvalue weighted by Gasteiger charge is 2.31. The Hall–Kier alpha value is -2.81. The number of amides is 1. The van der Waals surface area contributed by atoms with E-state index in [0.717, 1.165) is 29.5 Å². The summed E-state index contributed by atoms with van der Waals surface area (Å²) in [6.07, 6.45) is 2.85. The number of nitrogens with zero attached hydrogens (tertiary/aromatic N) is 3. The van der Waals surface area contributed by atoms with Gasteiger partial charge in [0.1, 0.15) is 11.8 Å². The number of piperidine rings is 1. The number of aryl methyl sites for hydroxylation is 1. The van der Waals surface area contributed by atoms with Crippen LogP contribution in [0.1, 0.15) is 41.7 Å². The number of carbonyl (C=O) groups excluding carboxylic acids is 2. The van der Waals surface area contributed by atoms with Gasteiger partial charge in [-0.25, -0.2) is 9.97 Å². The molecule has 0 bridgehead atoms. The number of thioether (sulfide) groups is 1. The standard InChI is InChI=1S/C21H23N3O5S/c1-3-27-20(26)14-7-5-9-24(10-14)19(25)15-11-28-17(22-15)12-30-21-23-18-13(2)6-4-8-16(18)29-21/h4,6,8,11,14H,3,5,7,9-10,12H2,1-2H3. The van der Waals surface area contributed by atoms with E-state index in [9.17, 15) is 9.59 Å². The maximum Gasteiger partial charge on any atom is 0.310 e. The van der Waals surface area contributed by atoms with Crippen LogP contribution >= 0.6 is 11.8 Å². The Morgan fingerprint density at radius 1 is 1.33 bits per heavy atom. The molecule has 1 aliphatic heterocycles. The molecule has 1 atom stereocenters. The van der Waals surface area contributed by atoms with E-state index in [1.54, 1.807) is 11.8 Å². The van der Waals surface area contributed by atoms with Crippen molar-refractivity contribution in [2.45, 2.75) is 37.7 Å². The highest BCUT2D eigenvalue weighted by atomic mass is 32.2. The summed E-state index contributed by atoms with van der Waals surface area (Å²) in [5.41, 5.74) is 2.87. The molecule has 1 amide bonds. The van der Waals surface area contributed by atoms with Gasteiger partial charge in [0.05, 0.1) is 18.3 Å². The third-order valence-electron chi connectivity index (χ3n) is 5.02. The molecule has 8 nitrogen and oxygen atoms in total. The van der Waals surface area contributed by atoms with E-state index >= 15 is 0 Å². The number of ether oxygens (including phenoxy) is 1. The molecular formula is C21H23N3O5S. The molecule has 3 heterocycles. The molecule has 0 aliphatic carbocycles. The highest BCUT2D eigenvalue weighted by Crippen LogP contribution is 2.28. The predicted octanol–water partition coefficient (Wildman–Crippen LogP) is 3.83. The average molecular weight is 429 g/mol. The first-order valence-electron chi connectivity index (χ1n) is 9.94. The van der Waals surface area contributed by atoms with Gasteiger partial charge in [0, 0.05) is 13.1 Å². The normalized spacial score (nSPS) is 16.7. The second kappa shape index (κ2) is 8.91. The van der Waals surface area contributed by atoms with Gasteiger partial charge in [-0.1, -0.05) is 23.9 Å². The van der Waals surface area contributed by atoms with Gasteiger partial charge in [-0.05, 0) is 38.3 Å². The third kappa shape index (κ3) is 4.35. The lowest BCUT2D eigenvalue weighted by Crippen LogP contribution is -2.43. The predicted molar refractivity (Wildman–Crippen MR) is 110 cm³/mol. The molecule has 9 heteroatoms. The molecule has 0 N–H and O–H groups in total. The molecule has 1 fully saturated rings. The molecule has 1 unspecified atom stereocenters. The number of benzene rings is 1. The molecule has 1 aliphatic rings. The van der Waals surface area contributed by atoms with Crippen LogP contribution < -0.4 is 0 Å². The van der Waals surface area contributed by atoms with E-state index in [-0.39, 0.29) is 23.5 Å². The topological polar surface area (TPSA) is 98.7 Å². The quantitative estimate of drug-likeness (QED) is 0.431. The first-order valence-corrected chi connectivity index (χ1v) is 10.9. The van der Waals surface area contributed by atoms with Crippen molar-refractivity contribution in [1.29, 1.82) is 0 Å². The van der Waals surface area contributed by atoms with Crippen molar-refractivity contribution in [3.05, 3.63) is 41.6 Å². The molecule has 1 aromatic carbocycles. The zero-order chi connectivity index (χ0) is 21.1. The monoisotopic (exact) mass is 429 g/mol. The SMILES string of the molecule is CCOC(=O)C1CCCN(C(=O)c2coc(CSc3nc4c(C)cccc4o3)n2)C1. The number of hydrogen-bond donors (Lipinski definition) is 0. The summed E-state index contributed by atoms with van der Waals surface area (Å²) in [5, 5.41) is 0.527. The second-order valence-corrected chi connectivity index (χ2v) is 8.09. The number of likely N-dealkylation sites (tertiary alicyclic amines) is 1. The van der Waals surface area contributed by atoms with Gasteiger partial charge in [0.25, 0.3) is 11.1 Å². The number of fused-ring (bicyclic) bond motifs is 1. The summed E-state index contributed by atoms with van der Waals surface area (Å²) in [6.45, 7) is 5.04. The first kappa shape index (κ1) is 20.5. The molecular weight excluding hydrogens is 406 g/mol. The lowest BCUT2D eigenvalue weighted by atomic mass is 9.98. The van der Waals surface area contributed by atoms with Crippen molar-refractivity contribution in [1.82, 2.24) is 14.9 Å². The van der Waals surface area contributed by atoms with Crippen molar-refractivity contribution in [2.75, 3.05) is 19.7 Å². The fourth-order valence-electron chi connectivity index (χ4n) is 3.50. The molecule has 0 saturated carbocycles. The summed E-state index contributed by atoms with van der Waals surface area (Å²) in [5.74, 6) is 0.0423. The maximum atomic E-state index is 12.8. The van der Waals surface area contributed by atoms with Crippen LogP contribution in [-0.2, 0) is 15.3 Å². The van der Waals surface area contributed by atoms with E-state index < -0.39 is 0 Å². The number of aromatic nitrogens is 2. The Balaban J connectivity index is 1.37. The van der Waals surface area contributed by atoms with Crippen LogP contribution in [0.3, 0.4) is 0 Å². The number of oxazole rings is 2. The summed E-state index contributed by atoms with van der Waals surface area (Å²) in [6, 6.07) is 5.79. The fourth-order valence-corrected chi connectivity index (χ4v) is 4.19. The zero-order valence-corrected chi connectivity index (χ0v) is 17.7. The smallest absolute Gasteiger partial charge is 0.310 e. The van der Waals surface area contributed by atoms with Crippen LogP contribution in [-0.4, -0.2) is 46.4 Å². The number of carbonyl (C=O) groups is 2. The molecule has 2 aromatic heterocycles. The Labute approximate surface area is 178 Å². The van der Waals surface area contributed by atoms with Crippen LogP contribution in [0.25, 0.3) is 11.1 Å². The van der Waals surface area contributed by atoms with E-state index in [4.69, 9.17) is 13.6 Å². The Morgan fingerprint density at radius 3 is 3.00 bits per heavy atom. The van der Waals surface area contributed by atoms with E-state index in [1.165, 1.54) is 18.0 Å². The third-order valence-corrected chi connectivity index (χ3v) is 5.83. The summed E-state index contributed by atoms with van der Waals surface area (Å²) >= 11 is 1.36. The molecule has 30 heavy (non-hydrogen) atoms. The zero-order valence-electron chi connectivity index (χ0n) is 16.9. The molecule has 158 valence electrons. The van der Waals surface area contributed by atoms with Crippen LogP contribution in [0, 0.1) is 12.8 Å². The molecule has 3 aromatic rings. The van der Waals surface area contributed by atoms with Crippen LogP contribution in [0.15, 0.2) is 38.5 Å². The molecule has 0 radical (unpaired) electrons. The van der Waals surface area contributed by atoms with Crippen LogP contribution in [0.2, 0.25) is 0 Å². The maximum absolute atomic E-state index is 12.8. The summed E-state index contributed by atoms with van der Waals surface area (Å²) in [4.78, 5) is 35.2. The van der Waals surface area contributed by atoms with Crippen molar-refractivity contribution in [3.8, 4) is 0 Å². The lowest BCUT2D eigenvalue weighted by Gasteiger charge is -2.30. The van der Waals surface area contributed by atoms with Crippen molar-refractivity contribution < 1.29 is 23.2 Å². The Morgan fingerprint density at radius 2 is 2.20 bits per heavy atom. The highest BCUT2D eigenvalue weighted by molar-refractivity contribution is 7.98.